The summed E-state index contributed by atoms with van der Waals surface area (Å²) in [4.78, 5) is 5.03. The number of ether oxygens (including phenoxy) is 1. The second kappa shape index (κ2) is 8.67. The fourth-order valence-electron chi connectivity index (χ4n) is 3.58. The Bertz CT molecular complexity index is 501. The first-order valence-electron chi connectivity index (χ1n) is 8.21. The van der Waals surface area contributed by atoms with Crippen molar-refractivity contribution in [2.45, 2.75) is 32.5 Å². The van der Waals surface area contributed by atoms with Crippen molar-refractivity contribution in [3.8, 4) is 0 Å². The van der Waals surface area contributed by atoms with Gasteiger partial charge in [-0.2, -0.15) is 0 Å². The van der Waals surface area contributed by atoms with E-state index in [1.807, 2.05) is 0 Å². The molecule has 2 heterocycles. The lowest BCUT2D eigenvalue weighted by atomic mass is 10.1. The fourth-order valence-corrected chi connectivity index (χ4v) is 3.93. The maximum absolute atomic E-state index is 5.50. The minimum absolute atomic E-state index is 0. The van der Waals surface area contributed by atoms with E-state index in [0.717, 1.165) is 50.4 Å². The van der Waals surface area contributed by atoms with Crippen LogP contribution in [0.25, 0.3) is 0 Å². The number of benzene rings is 1. The molecule has 2 atom stereocenters. The summed E-state index contributed by atoms with van der Waals surface area (Å²) in [5, 5.41) is 3.61. The molecule has 0 radical (unpaired) electrons. The summed E-state index contributed by atoms with van der Waals surface area (Å²) >= 11 is 3.63. The van der Waals surface area contributed by atoms with Gasteiger partial charge in [0.05, 0.1) is 13.2 Å². The fraction of sp³-hybridized carbons (Fsp3) is 0.647. The molecule has 2 aliphatic heterocycles. The quantitative estimate of drug-likeness (QED) is 0.838. The van der Waals surface area contributed by atoms with Crippen molar-refractivity contribution in [3.05, 3.63) is 28.2 Å². The van der Waals surface area contributed by atoms with Gasteiger partial charge in [-0.25, -0.2) is 0 Å². The first kappa shape index (κ1) is 19.0. The zero-order valence-electron chi connectivity index (χ0n) is 13.9. The molecule has 0 aliphatic carbocycles. The van der Waals surface area contributed by atoms with Crippen molar-refractivity contribution in [1.29, 1.82) is 0 Å². The van der Waals surface area contributed by atoms with Gasteiger partial charge in [-0.1, -0.05) is 22.0 Å². The number of anilines is 1. The van der Waals surface area contributed by atoms with Crippen LogP contribution in [0.2, 0.25) is 0 Å². The van der Waals surface area contributed by atoms with Crippen LogP contribution in [0.3, 0.4) is 0 Å². The number of piperazine rings is 1. The Morgan fingerprint density at radius 1 is 1.17 bits per heavy atom. The molecule has 0 saturated carbocycles. The van der Waals surface area contributed by atoms with E-state index in [1.165, 1.54) is 11.3 Å². The Hall–Kier alpha value is -0.330. The second-order valence-corrected chi connectivity index (χ2v) is 7.45. The molecule has 0 amide bonds. The van der Waals surface area contributed by atoms with Gasteiger partial charge in [0.25, 0.3) is 0 Å². The summed E-state index contributed by atoms with van der Waals surface area (Å²) in [5.74, 6) is 0. The lowest BCUT2D eigenvalue weighted by Gasteiger charge is -2.37. The van der Waals surface area contributed by atoms with Gasteiger partial charge in [0.1, 0.15) is 0 Å². The molecule has 4 nitrogen and oxygen atoms in total. The lowest BCUT2D eigenvalue weighted by Crippen LogP contribution is -2.53. The number of halogens is 2. The van der Waals surface area contributed by atoms with Gasteiger partial charge in [0, 0.05) is 55.0 Å². The van der Waals surface area contributed by atoms with Crippen LogP contribution in [0.15, 0.2) is 22.7 Å². The summed E-state index contributed by atoms with van der Waals surface area (Å²) in [7, 11) is 0. The predicted octanol–water partition coefficient (Wildman–Crippen LogP) is 2.89. The van der Waals surface area contributed by atoms with Crippen molar-refractivity contribution >= 4 is 34.0 Å². The van der Waals surface area contributed by atoms with Crippen LogP contribution >= 0.6 is 28.3 Å². The maximum Gasteiger partial charge on any atom is 0.0642 e. The number of morpholine rings is 1. The van der Waals surface area contributed by atoms with Crippen molar-refractivity contribution < 1.29 is 4.74 Å². The van der Waals surface area contributed by atoms with E-state index in [2.05, 4.69) is 63.1 Å². The molecule has 23 heavy (non-hydrogen) atoms. The van der Waals surface area contributed by atoms with Gasteiger partial charge < -0.3 is 15.0 Å². The minimum atomic E-state index is 0. The number of nitrogens with one attached hydrogen (secondary N) is 1. The Kier molecular flexibility index (Phi) is 7.17. The van der Waals surface area contributed by atoms with Gasteiger partial charge >= 0.3 is 0 Å². The summed E-state index contributed by atoms with van der Waals surface area (Å²) in [6.45, 7) is 11.4. The molecule has 2 saturated heterocycles. The van der Waals surface area contributed by atoms with E-state index < -0.39 is 0 Å². The third kappa shape index (κ3) is 5.07. The van der Waals surface area contributed by atoms with Crippen molar-refractivity contribution in [2.24, 2.45) is 0 Å². The van der Waals surface area contributed by atoms with Crippen LogP contribution in [-0.4, -0.2) is 56.4 Å². The number of nitrogens with zero attached hydrogens (tertiary/aromatic N) is 2. The standard InChI is InChI=1S/C17H26BrN3O.ClH/c1-13-10-20(11-14(2)19-13)12-15-3-4-16(18)9-17(15)21-5-7-22-8-6-21;/h3-4,9,13-14,19H,5-8,10-12H2,1-2H3;1H. The van der Waals surface area contributed by atoms with E-state index in [-0.39, 0.29) is 12.4 Å². The van der Waals surface area contributed by atoms with Crippen LogP contribution in [-0.2, 0) is 11.3 Å². The number of hydrogen-bond acceptors (Lipinski definition) is 4. The molecular weight excluding hydrogens is 378 g/mol. The normalized spacial score (nSPS) is 26.0. The molecule has 2 fully saturated rings. The van der Waals surface area contributed by atoms with Crippen molar-refractivity contribution in [3.63, 3.8) is 0 Å². The predicted molar refractivity (Wildman–Crippen MR) is 102 cm³/mol. The Labute approximate surface area is 154 Å². The molecule has 3 rings (SSSR count). The summed E-state index contributed by atoms with van der Waals surface area (Å²) in [6.07, 6.45) is 0. The zero-order chi connectivity index (χ0) is 15.5. The largest absolute Gasteiger partial charge is 0.378 e. The average Bonchev–Trinajstić information content (AvgIpc) is 2.49. The SMILES string of the molecule is CC1CN(Cc2ccc(Br)cc2N2CCOCC2)CC(C)N1.Cl. The molecule has 1 aromatic rings. The van der Waals surface area contributed by atoms with Gasteiger partial charge in [0.2, 0.25) is 0 Å². The average molecular weight is 405 g/mol. The molecule has 130 valence electrons. The van der Waals surface area contributed by atoms with Crippen LogP contribution in [0, 0.1) is 0 Å². The second-order valence-electron chi connectivity index (χ2n) is 6.54. The Balaban J connectivity index is 0.00000192. The van der Waals surface area contributed by atoms with Crippen molar-refractivity contribution in [2.75, 3.05) is 44.3 Å². The monoisotopic (exact) mass is 403 g/mol. The van der Waals surface area contributed by atoms with E-state index in [9.17, 15) is 0 Å². The zero-order valence-corrected chi connectivity index (χ0v) is 16.3. The van der Waals surface area contributed by atoms with E-state index in [1.54, 1.807) is 0 Å². The molecule has 1 aromatic carbocycles. The van der Waals surface area contributed by atoms with E-state index in [4.69, 9.17) is 4.74 Å². The smallest absolute Gasteiger partial charge is 0.0642 e. The summed E-state index contributed by atoms with van der Waals surface area (Å²) in [5.41, 5.74) is 2.78. The highest BCUT2D eigenvalue weighted by molar-refractivity contribution is 9.10. The molecule has 0 aromatic heterocycles. The third-order valence-electron chi connectivity index (χ3n) is 4.43. The molecular formula is C17H27BrClN3O. The first-order chi connectivity index (χ1) is 10.6. The summed E-state index contributed by atoms with van der Waals surface area (Å²) < 4.78 is 6.65. The van der Waals surface area contributed by atoms with Gasteiger partial charge in [0.15, 0.2) is 0 Å². The van der Waals surface area contributed by atoms with Gasteiger partial charge in [-0.15, -0.1) is 12.4 Å². The first-order valence-corrected chi connectivity index (χ1v) is 9.00. The number of rotatable bonds is 3. The lowest BCUT2D eigenvalue weighted by molar-refractivity contribution is 0.122. The van der Waals surface area contributed by atoms with E-state index in [0.29, 0.717) is 12.1 Å². The Morgan fingerprint density at radius 3 is 2.48 bits per heavy atom. The van der Waals surface area contributed by atoms with Crippen LogP contribution in [0.4, 0.5) is 5.69 Å². The summed E-state index contributed by atoms with van der Waals surface area (Å²) in [6, 6.07) is 7.81. The van der Waals surface area contributed by atoms with Crippen LogP contribution in [0.5, 0.6) is 0 Å². The molecule has 6 heteroatoms. The molecule has 2 unspecified atom stereocenters. The molecule has 0 spiro atoms. The van der Waals surface area contributed by atoms with Gasteiger partial charge in [-0.05, 0) is 31.5 Å². The Morgan fingerprint density at radius 2 is 1.83 bits per heavy atom. The van der Waals surface area contributed by atoms with E-state index >= 15 is 0 Å². The third-order valence-corrected chi connectivity index (χ3v) is 4.92. The highest BCUT2D eigenvalue weighted by Gasteiger charge is 2.23. The topological polar surface area (TPSA) is 27.7 Å². The molecule has 1 N–H and O–H groups in total. The molecule has 0 bridgehead atoms. The highest BCUT2D eigenvalue weighted by atomic mass is 79.9. The van der Waals surface area contributed by atoms with Crippen LogP contribution in [0.1, 0.15) is 19.4 Å². The highest BCUT2D eigenvalue weighted by Crippen LogP contribution is 2.27. The van der Waals surface area contributed by atoms with Gasteiger partial charge in [-0.3, -0.25) is 4.90 Å². The maximum atomic E-state index is 5.50. The number of hydrogen-bond donors (Lipinski definition) is 1. The minimum Gasteiger partial charge on any atom is -0.378 e. The van der Waals surface area contributed by atoms with Crippen LogP contribution < -0.4 is 10.2 Å². The van der Waals surface area contributed by atoms with Crippen molar-refractivity contribution in [1.82, 2.24) is 10.2 Å². The molecule has 2 aliphatic rings.